The molecule has 2 aromatic rings. The maximum Gasteiger partial charge on any atom is 0.239 e. The monoisotopic (exact) mass is 315 g/mol. The third kappa shape index (κ3) is 4.51. The molecule has 2 N–H and O–H groups in total. The molecule has 2 aromatic carbocycles. The molecule has 2 rings (SSSR count). The van der Waals surface area contributed by atoms with Crippen molar-refractivity contribution >= 4 is 11.6 Å². The van der Waals surface area contributed by atoms with Gasteiger partial charge in [0.25, 0.3) is 0 Å². The van der Waals surface area contributed by atoms with E-state index >= 15 is 0 Å². The number of halogens is 2. The molecule has 4 nitrogen and oxygen atoms in total. The summed E-state index contributed by atoms with van der Waals surface area (Å²) in [6.45, 7) is 1.62. The van der Waals surface area contributed by atoms with Crippen LogP contribution in [0.5, 0.6) is 0 Å². The summed E-state index contributed by atoms with van der Waals surface area (Å²) in [5.74, 6) is -1.68. The zero-order chi connectivity index (χ0) is 16.8. The third-order valence-corrected chi connectivity index (χ3v) is 3.27. The topological polar surface area (TPSA) is 64.9 Å². The van der Waals surface area contributed by atoms with E-state index in [4.69, 9.17) is 5.26 Å². The van der Waals surface area contributed by atoms with Crippen molar-refractivity contribution in [3.8, 4) is 6.07 Å². The van der Waals surface area contributed by atoms with Crippen molar-refractivity contribution in [3.63, 3.8) is 0 Å². The number of hydrogen-bond donors (Lipinski definition) is 2. The molecule has 0 aliphatic carbocycles. The molecule has 0 aromatic heterocycles. The van der Waals surface area contributed by atoms with Gasteiger partial charge in [-0.15, -0.1) is 0 Å². The van der Waals surface area contributed by atoms with E-state index in [-0.39, 0.29) is 18.0 Å². The first-order chi connectivity index (χ1) is 11.0. The van der Waals surface area contributed by atoms with Crippen LogP contribution in [0.1, 0.15) is 24.1 Å². The highest BCUT2D eigenvalue weighted by Crippen LogP contribution is 2.17. The van der Waals surface area contributed by atoms with Crippen LogP contribution in [0.2, 0.25) is 0 Å². The fourth-order valence-electron chi connectivity index (χ4n) is 2.07. The van der Waals surface area contributed by atoms with Gasteiger partial charge in [-0.3, -0.25) is 4.79 Å². The lowest BCUT2D eigenvalue weighted by Crippen LogP contribution is -2.32. The molecule has 0 bridgehead atoms. The van der Waals surface area contributed by atoms with Crippen LogP contribution in [0, 0.1) is 23.0 Å². The molecule has 0 spiro atoms. The van der Waals surface area contributed by atoms with Gasteiger partial charge < -0.3 is 10.6 Å². The molecule has 0 aliphatic rings. The largest absolute Gasteiger partial charge is 0.376 e. The average molecular weight is 315 g/mol. The minimum atomic E-state index is -0.696. The summed E-state index contributed by atoms with van der Waals surface area (Å²) in [7, 11) is 0. The zero-order valence-electron chi connectivity index (χ0n) is 12.4. The number of benzene rings is 2. The summed E-state index contributed by atoms with van der Waals surface area (Å²) in [6.07, 6.45) is 0. The Hall–Kier alpha value is -2.94. The van der Waals surface area contributed by atoms with Gasteiger partial charge in [0, 0.05) is 17.3 Å². The minimum absolute atomic E-state index is 0.000939. The molecule has 1 atom stereocenters. The molecular weight excluding hydrogens is 300 g/mol. The molecule has 6 heteroatoms. The molecule has 23 heavy (non-hydrogen) atoms. The van der Waals surface area contributed by atoms with Crippen molar-refractivity contribution in [2.45, 2.75) is 13.0 Å². The third-order valence-electron chi connectivity index (χ3n) is 3.27. The summed E-state index contributed by atoms with van der Waals surface area (Å²) in [6, 6.07) is 11.3. The Labute approximate surface area is 132 Å². The molecule has 0 unspecified atom stereocenters. The predicted molar refractivity (Wildman–Crippen MR) is 82.6 cm³/mol. The first kappa shape index (κ1) is 16.4. The Morgan fingerprint density at radius 1 is 1.22 bits per heavy atom. The van der Waals surface area contributed by atoms with Gasteiger partial charge in [0.05, 0.1) is 24.2 Å². The van der Waals surface area contributed by atoms with Crippen LogP contribution in [0.15, 0.2) is 42.5 Å². The van der Waals surface area contributed by atoms with Crippen molar-refractivity contribution in [1.82, 2.24) is 5.32 Å². The van der Waals surface area contributed by atoms with E-state index in [0.717, 1.165) is 12.1 Å². The van der Waals surface area contributed by atoms with Gasteiger partial charge in [0.2, 0.25) is 5.91 Å². The van der Waals surface area contributed by atoms with Crippen LogP contribution in [0.4, 0.5) is 14.5 Å². The molecule has 118 valence electrons. The van der Waals surface area contributed by atoms with Crippen LogP contribution in [0.3, 0.4) is 0 Å². The molecule has 0 aliphatic heterocycles. The lowest BCUT2D eigenvalue weighted by Gasteiger charge is -2.15. The van der Waals surface area contributed by atoms with Gasteiger partial charge in [0.15, 0.2) is 0 Å². The quantitative estimate of drug-likeness (QED) is 0.891. The van der Waals surface area contributed by atoms with Crippen molar-refractivity contribution in [3.05, 3.63) is 65.2 Å². The van der Waals surface area contributed by atoms with Crippen LogP contribution < -0.4 is 10.6 Å². The SMILES string of the molecule is C[C@H](NC(=O)CNc1ccc(C#N)cc1)c1ccc(F)cc1F. The van der Waals surface area contributed by atoms with Gasteiger partial charge in [-0.25, -0.2) is 8.78 Å². The maximum absolute atomic E-state index is 13.6. The maximum atomic E-state index is 13.6. The van der Waals surface area contributed by atoms with Crippen molar-refractivity contribution in [2.24, 2.45) is 0 Å². The van der Waals surface area contributed by atoms with Gasteiger partial charge in [0.1, 0.15) is 11.6 Å². The molecule has 0 heterocycles. The fraction of sp³-hybridized carbons (Fsp3) is 0.176. The molecule has 0 radical (unpaired) electrons. The number of nitrogens with zero attached hydrogens (tertiary/aromatic N) is 1. The van der Waals surface area contributed by atoms with E-state index in [9.17, 15) is 13.6 Å². The van der Waals surface area contributed by atoms with Crippen LogP contribution in [-0.2, 0) is 4.79 Å². The van der Waals surface area contributed by atoms with Gasteiger partial charge in [-0.1, -0.05) is 6.07 Å². The fourth-order valence-corrected chi connectivity index (χ4v) is 2.07. The Morgan fingerprint density at radius 2 is 1.91 bits per heavy atom. The second kappa shape index (κ2) is 7.36. The summed E-state index contributed by atoms with van der Waals surface area (Å²) in [5.41, 5.74) is 1.44. The van der Waals surface area contributed by atoms with Crippen molar-refractivity contribution in [1.29, 1.82) is 5.26 Å². The summed E-state index contributed by atoms with van der Waals surface area (Å²) < 4.78 is 26.5. The Morgan fingerprint density at radius 3 is 2.52 bits per heavy atom. The highest BCUT2D eigenvalue weighted by Gasteiger charge is 2.14. The second-order valence-corrected chi connectivity index (χ2v) is 5.00. The van der Waals surface area contributed by atoms with E-state index in [1.165, 1.54) is 6.07 Å². The number of nitriles is 1. The second-order valence-electron chi connectivity index (χ2n) is 5.00. The number of carbonyl (C=O) groups is 1. The van der Waals surface area contributed by atoms with Crippen molar-refractivity contribution in [2.75, 3.05) is 11.9 Å². The van der Waals surface area contributed by atoms with Gasteiger partial charge >= 0.3 is 0 Å². The van der Waals surface area contributed by atoms with E-state index in [2.05, 4.69) is 10.6 Å². The minimum Gasteiger partial charge on any atom is -0.376 e. The highest BCUT2D eigenvalue weighted by molar-refractivity contribution is 5.81. The molecule has 0 fully saturated rings. The molecule has 1 amide bonds. The predicted octanol–water partition coefficient (Wildman–Crippen LogP) is 3.13. The number of nitrogens with one attached hydrogen (secondary N) is 2. The van der Waals surface area contributed by atoms with Crippen molar-refractivity contribution < 1.29 is 13.6 Å². The van der Waals surface area contributed by atoms with Crippen LogP contribution in [-0.4, -0.2) is 12.5 Å². The van der Waals surface area contributed by atoms with Crippen LogP contribution in [0.25, 0.3) is 0 Å². The van der Waals surface area contributed by atoms with E-state index in [1.807, 2.05) is 6.07 Å². The summed E-state index contributed by atoms with van der Waals surface area (Å²) >= 11 is 0. The Kier molecular flexibility index (Phi) is 5.26. The highest BCUT2D eigenvalue weighted by atomic mass is 19.1. The Bertz CT molecular complexity index is 738. The molecule has 0 saturated carbocycles. The normalized spacial score (nSPS) is 11.4. The number of anilines is 1. The van der Waals surface area contributed by atoms with E-state index in [0.29, 0.717) is 11.3 Å². The molecule has 0 saturated heterocycles. The number of amides is 1. The lowest BCUT2D eigenvalue weighted by atomic mass is 10.1. The number of rotatable bonds is 5. The van der Waals surface area contributed by atoms with Crippen LogP contribution >= 0.6 is 0 Å². The first-order valence-electron chi connectivity index (χ1n) is 6.98. The van der Waals surface area contributed by atoms with E-state index in [1.54, 1.807) is 31.2 Å². The summed E-state index contributed by atoms with van der Waals surface area (Å²) in [5, 5.41) is 14.2. The van der Waals surface area contributed by atoms with Gasteiger partial charge in [-0.05, 0) is 37.3 Å². The molecular formula is C17H15F2N3O. The zero-order valence-corrected chi connectivity index (χ0v) is 12.4. The number of hydrogen-bond acceptors (Lipinski definition) is 3. The smallest absolute Gasteiger partial charge is 0.239 e. The Balaban J connectivity index is 1.89. The van der Waals surface area contributed by atoms with Gasteiger partial charge in [-0.2, -0.15) is 5.26 Å². The lowest BCUT2D eigenvalue weighted by molar-refractivity contribution is -0.120. The summed E-state index contributed by atoms with van der Waals surface area (Å²) in [4.78, 5) is 11.9. The average Bonchev–Trinajstić information content (AvgIpc) is 2.53. The first-order valence-corrected chi connectivity index (χ1v) is 6.98. The standard InChI is InChI=1S/C17H15F2N3O/c1-11(15-7-4-13(18)8-16(15)19)22-17(23)10-21-14-5-2-12(9-20)3-6-14/h2-8,11,21H,10H2,1H3,(H,22,23)/t11-/m0/s1. The number of carbonyl (C=O) groups excluding carboxylic acids is 1. The van der Waals surface area contributed by atoms with E-state index < -0.39 is 17.7 Å².